The van der Waals surface area contributed by atoms with Gasteiger partial charge in [0.2, 0.25) is 0 Å². The number of nitrogens with two attached hydrogens (primary N) is 1. The molecule has 0 unspecified atom stereocenters. The largest absolute Gasteiger partial charge is 0.493 e. The Balaban J connectivity index is 1.95. The summed E-state index contributed by atoms with van der Waals surface area (Å²) in [6, 6.07) is 6.73. The molecule has 1 heterocycles. The smallest absolute Gasteiger partial charge is 0.133 e. The molecule has 1 fully saturated rings. The molecule has 3 nitrogen and oxygen atoms in total. The Bertz CT molecular complexity index is 389. The van der Waals surface area contributed by atoms with Crippen LogP contribution in [0.15, 0.2) is 22.7 Å². The van der Waals surface area contributed by atoms with E-state index in [1.54, 1.807) is 0 Å². The molecule has 1 aromatic carbocycles. The van der Waals surface area contributed by atoms with E-state index < -0.39 is 0 Å². The van der Waals surface area contributed by atoms with Gasteiger partial charge in [0, 0.05) is 12.6 Å². The van der Waals surface area contributed by atoms with Gasteiger partial charge < -0.3 is 10.5 Å². The van der Waals surface area contributed by atoms with Crippen molar-refractivity contribution in [3.8, 4) is 5.75 Å². The third-order valence-electron chi connectivity index (χ3n) is 3.33. The van der Waals surface area contributed by atoms with Crippen molar-refractivity contribution in [1.82, 2.24) is 4.90 Å². The first-order chi connectivity index (χ1) is 8.69. The number of rotatable bonds is 4. The summed E-state index contributed by atoms with van der Waals surface area (Å²) in [6.45, 7) is 5.90. The maximum Gasteiger partial charge on any atom is 0.133 e. The first-order valence-corrected chi connectivity index (χ1v) is 7.37. The van der Waals surface area contributed by atoms with Crippen molar-refractivity contribution in [3.05, 3.63) is 28.2 Å². The summed E-state index contributed by atoms with van der Waals surface area (Å²) in [6.07, 6.45) is 2.22. The van der Waals surface area contributed by atoms with Gasteiger partial charge >= 0.3 is 0 Å². The lowest BCUT2D eigenvalue weighted by Crippen LogP contribution is -2.39. The van der Waals surface area contributed by atoms with Gasteiger partial charge in [0.1, 0.15) is 5.75 Å². The average molecular weight is 313 g/mol. The molecule has 1 aromatic rings. The van der Waals surface area contributed by atoms with Gasteiger partial charge in [0.15, 0.2) is 0 Å². The lowest BCUT2D eigenvalue weighted by atomic mass is 10.1. The van der Waals surface area contributed by atoms with E-state index in [9.17, 15) is 0 Å². The minimum Gasteiger partial charge on any atom is -0.493 e. The maximum absolute atomic E-state index is 5.92. The molecule has 0 radical (unpaired) electrons. The molecule has 0 spiro atoms. The van der Waals surface area contributed by atoms with Crippen molar-refractivity contribution in [2.75, 3.05) is 19.7 Å². The Morgan fingerprint density at radius 2 is 2.11 bits per heavy atom. The predicted octanol–water partition coefficient (Wildman–Crippen LogP) is 2.77. The number of likely N-dealkylation sites (tertiary alicyclic amines) is 1. The molecule has 1 aliphatic heterocycles. The zero-order valence-corrected chi connectivity index (χ0v) is 12.4. The Morgan fingerprint density at radius 3 is 2.72 bits per heavy atom. The molecule has 2 rings (SSSR count). The van der Waals surface area contributed by atoms with Crippen LogP contribution in [0.2, 0.25) is 0 Å². The fraction of sp³-hybridized carbons (Fsp3) is 0.571. The van der Waals surface area contributed by atoms with Gasteiger partial charge in [-0.15, -0.1) is 0 Å². The maximum atomic E-state index is 5.92. The lowest BCUT2D eigenvalue weighted by molar-refractivity contribution is 0.205. The van der Waals surface area contributed by atoms with E-state index in [4.69, 9.17) is 10.5 Å². The monoisotopic (exact) mass is 312 g/mol. The summed E-state index contributed by atoms with van der Waals surface area (Å²) in [5.41, 5.74) is 7.24. The van der Waals surface area contributed by atoms with Gasteiger partial charge in [-0.1, -0.05) is 6.07 Å². The number of hydrogen-bond donors (Lipinski definition) is 1. The van der Waals surface area contributed by atoms with Crippen LogP contribution in [-0.4, -0.2) is 30.6 Å². The number of benzene rings is 1. The van der Waals surface area contributed by atoms with Crippen molar-refractivity contribution in [1.29, 1.82) is 0 Å². The highest BCUT2D eigenvalue weighted by molar-refractivity contribution is 9.10. The van der Waals surface area contributed by atoms with Crippen LogP contribution in [-0.2, 0) is 6.54 Å². The van der Waals surface area contributed by atoms with Crippen LogP contribution in [0.1, 0.15) is 25.3 Å². The summed E-state index contributed by atoms with van der Waals surface area (Å²) in [4.78, 5) is 2.46. The van der Waals surface area contributed by atoms with Gasteiger partial charge in [0.25, 0.3) is 0 Å². The van der Waals surface area contributed by atoms with Crippen LogP contribution in [0.3, 0.4) is 0 Å². The Hall–Kier alpha value is -0.580. The Labute approximate surface area is 117 Å². The van der Waals surface area contributed by atoms with Gasteiger partial charge in [-0.3, -0.25) is 4.90 Å². The Kier molecular flexibility index (Phi) is 5.03. The summed E-state index contributed by atoms with van der Waals surface area (Å²) in [5, 5.41) is 0. The highest BCUT2D eigenvalue weighted by Gasteiger charge is 2.16. The quantitative estimate of drug-likeness (QED) is 0.929. The number of nitrogens with zero attached hydrogens (tertiary/aromatic N) is 1. The second-order valence-electron chi connectivity index (χ2n) is 4.81. The highest BCUT2D eigenvalue weighted by Crippen LogP contribution is 2.26. The van der Waals surface area contributed by atoms with E-state index in [0.29, 0.717) is 12.6 Å². The molecule has 0 atom stereocenters. The van der Waals surface area contributed by atoms with Gasteiger partial charge in [-0.25, -0.2) is 0 Å². The predicted molar refractivity (Wildman–Crippen MR) is 77.8 cm³/mol. The highest BCUT2D eigenvalue weighted by atomic mass is 79.9. The van der Waals surface area contributed by atoms with E-state index in [2.05, 4.69) is 33.0 Å². The molecule has 0 bridgehead atoms. The van der Waals surface area contributed by atoms with Crippen molar-refractivity contribution >= 4 is 15.9 Å². The first-order valence-electron chi connectivity index (χ1n) is 6.58. The SMILES string of the molecule is CCOc1ccc(CN2CCC(N)CC2)cc1Br. The van der Waals surface area contributed by atoms with Gasteiger partial charge in [-0.2, -0.15) is 0 Å². The number of halogens is 1. The molecule has 1 saturated heterocycles. The molecule has 0 aliphatic carbocycles. The fourth-order valence-electron chi connectivity index (χ4n) is 2.28. The van der Waals surface area contributed by atoms with Crippen LogP contribution in [0.5, 0.6) is 5.75 Å². The van der Waals surface area contributed by atoms with Crippen LogP contribution in [0.25, 0.3) is 0 Å². The van der Waals surface area contributed by atoms with Crippen molar-refractivity contribution < 1.29 is 4.74 Å². The molecule has 4 heteroatoms. The third-order valence-corrected chi connectivity index (χ3v) is 3.95. The van der Waals surface area contributed by atoms with E-state index in [0.717, 1.165) is 42.7 Å². The van der Waals surface area contributed by atoms with Gasteiger partial charge in [0.05, 0.1) is 11.1 Å². The summed E-state index contributed by atoms with van der Waals surface area (Å²) >= 11 is 3.56. The molecule has 18 heavy (non-hydrogen) atoms. The van der Waals surface area contributed by atoms with Gasteiger partial charge in [-0.05, 0) is 66.5 Å². The first kappa shape index (κ1) is 13.8. The summed E-state index contributed by atoms with van der Waals surface area (Å²) in [7, 11) is 0. The third kappa shape index (κ3) is 3.70. The molecule has 2 N–H and O–H groups in total. The van der Waals surface area contributed by atoms with E-state index >= 15 is 0 Å². The Morgan fingerprint density at radius 1 is 1.39 bits per heavy atom. The molecule has 0 saturated carbocycles. The van der Waals surface area contributed by atoms with Crippen LogP contribution < -0.4 is 10.5 Å². The number of ether oxygens (including phenoxy) is 1. The second kappa shape index (κ2) is 6.55. The standard InChI is InChI=1S/C14H21BrN2O/c1-2-18-14-4-3-11(9-13(14)15)10-17-7-5-12(16)6-8-17/h3-4,9,12H,2,5-8,10,16H2,1H3. The van der Waals surface area contributed by atoms with Crippen LogP contribution in [0, 0.1) is 0 Å². The zero-order chi connectivity index (χ0) is 13.0. The summed E-state index contributed by atoms with van der Waals surface area (Å²) in [5.74, 6) is 0.918. The minimum atomic E-state index is 0.397. The zero-order valence-electron chi connectivity index (χ0n) is 10.9. The van der Waals surface area contributed by atoms with Crippen molar-refractivity contribution in [3.63, 3.8) is 0 Å². The average Bonchev–Trinajstić information content (AvgIpc) is 2.36. The molecule has 0 amide bonds. The second-order valence-corrected chi connectivity index (χ2v) is 5.67. The van der Waals surface area contributed by atoms with Crippen molar-refractivity contribution in [2.45, 2.75) is 32.4 Å². The topological polar surface area (TPSA) is 38.5 Å². The summed E-state index contributed by atoms with van der Waals surface area (Å²) < 4.78 is 6.56. The lowest BCUT2D eigenvalue weighted by Gasteiger charge is -2.30. The number of piperidine rings is 1. The van der Waals surface area contributed by atoms with Crippen molar-refractivity contribution in [2.24, 2.45) is 5.73 Å². The van der Waals surface area contributed by atoms with E-state index in [1.165, 1.54) is 5.56 Å². The number of hydrogen-bond acceptors (Lipinski definition) is 3. The molecule has 100 valence electrons. The fourth-order valence-corrected chi connectivity index (χ4v) is 2.83. The molecule has 1 aliphatic rings. The van der Waals surface area contributed by atoms with E-state index in [1.807, 2.05) is 13.0 Å². The molecular weight excluding hydrogens is 292 g/mol. The normalized spacial score (nSPS) is 17.9. The molecular formula is C14H21BrN2O. The minimum absolute atomic E-state index is 0.397. The van der Waals surface area contributed by atoms with Crippen LogP contribution >= 0.6 is 15.9 Å². The van der Waals surface area contributed by atoms with Crippen LogP contribution in [0.4, 0.5) is 0 Å². The van der Waals surface area contributed by atoms with E-state index in [-0.39, 0.29) is 0 Å². The molecule has 0 aromatic heterocycles.